The number of rotatable bonds is 8. The predicted molar refractivity (Wildman–Crippen MR) is 206 cm³/mol. The summed E-state index contributed by atoms with van der Waals surface area (Å²) in [4.78, 5) is 47.3. The summed E-state index contributed by atoms with van der Waals surface area (Å²) < 4.78 is 0. The standard InChI is InChI=1S/C41H52N6O3S/c1-24(2)46(39(44-40(49)50)45-17-14-29(23-45)28-12-15-42-16-13-28)22-27(5)35-33-21-34(41(6,7)38(48)47-31-8-9-32(47)11-10-31)51-37(33)43-36(35)30-19-25(3)18-26(4)20-30/h12-13,15-16,18-21,24,27,29,31-32,43H,8-11,14,17,22-23H2,1-7H3,(H,49,50)/t27-,29?,31?,32?/m0/s1. The number of aliphatic imine (C=N–C) groups is 1. The molecule has 1 aromatic carbocycles. The van der Waals surface area contributed by atoms with Gasteiger partial charge in [0.2, 0.25) is 11.9 Å². The molecule has 2 bridgehead atoms. The van der Waals surface area contributed by atoms with E-state index < -0.39 is 11.5 Å². The average Bonchev–Trinajstić information content (AvgIpc) is 3.92. The molecule has 6 heterocycles. The van der Waals surface area contributed by atoms with E-state index in [9.17, 15) is 14.7 Å². The lowest BCUT2D eigenvalue weighted by Gasteiger charge is -2.36. The van der Waals surface area contributed by atoms with Gasteiger partial charge in [0.15, 0.2) is 0 Å². The third-order valence-corrected chi connectivity index (χ3v) is 12.9. The summed E-state index contributed by atoms with van der Waals surface area (Å²) in [7, 11) is 0. The number of hydrogen-bond acceptors (Lipinski definition) is 4. The van der Waals surface area contributed by atoms with Crippen LogP contribution in [0.25, 0.3) is 21.5 Å². The molecule has 9 nitrogen and oxygen atoms in total. The average molecular weight is 709 g/mol. The molecule has 3 saturated heterocycles. The number of nitrogens with zero attached hydrogens (tertiary/aromatic N) is 5. The Morgan fingerprint density at radius 1 is 1.02 bits per heavy atom. The molecule has 3 fully saturated rings. The number of aromatic nitrogens is 2. The monoisotopic (exact) mass is 708 g/mol. The summed E-state index contributed by atoms with van der Waals surface area (Å²) in [5.74, 6) is 1.05. The van der Waals surface area contributed by atoms with Crippen LogP contribution in [0.5, 0.6) is 0 Å². The summed E-state index contributed by atoms with van der Waals surface area (Å²) >= 11 is 1.70. The Morgan fingerprint density at radius 2 is 1.67 bits per heavy atom. The van der Waals surface area contributed by atoms with E-state index in [-0.39, 0.29) is 23.8 Å². The van der Waals surface area contributed by atoms with E-state index in [0.717, 1.165) is 65.0 Å². The molecule has 4 aromatic rings. The topological polar surface area (TPSA) is 105 Å². The number of nitrogens with one attached hydrogen (secondary N) is 1. The third-order valence-electron chi connectivity index (χ3n) is 11.6. The van der Waals surface area contributed by atoms with Crippen molar-refractivity contribution in [2.75, 3.05) is 19.6 Å². The first kappa shape index (κ1) is 35.2. The van der Waals surface area contributed by atoms with Gasteiger partial charge in [-0.1, -0.05) is 24.1 Å². The van der Waals surface area contributed by atoms with Crippen molar-refractivity contribution in [2.24, 2.45) is 4.99 Å². The summed E-state index contributed by atoms with van der Waals surface area (Å²) in [5.41, 5.74) is 6.40. The summed E-state index contributed by atoms with van der Waals surface area (Å²) in [6.45, 7) is 16.9. The van der Waals surface area contributed by atoms with E-state index in [4.69, 9.17) is 0 Å². The Hall–Kier alpha value is -4.18. The molecule has 51 heavy (non-hydrogen) atoms. The van der Waals surface area contributed by atoms with Crippen molar-refractivity contribution in [2.45, 2.75) is 116 Å². The van der Waals surface area contributed by atoms with Crippen LogP contribution in [0.1, 0.15) is 106 Å². The molecular formula is C41H52N6O3S. The molecule has 2 N–H and O–H groups in total. The van der Waals surface area contributed by atoms with Crippen molar-refractivity contribution in [1.82, 2.24) is 24.7 Å². The van der Waals surface area contributed by atoms with Crippen LogP contribution < -0.4 is 0 Å². The molecule has 0 saturated carbocycles. The van der Waals surface area contributed by atoms with Gasteiger partial charge in [-0.3, -0.25) is 9.78 Å². The molecule has 2 amide bonds. The molecule has 3 aliphatic heterocycles. The van der Waals surface area contributed by atoms with Gasteiger partial charge in [-0.15, -0.1) is 16.3 Å². The number of carboxylic acid groups (broad SMARTS) is 1. The number of H-pyrrole nitrogens is 1. The van der Waals surface area contributed by atoms with Gasteiger partial charge in [-0.05, 0) is 121 Å². The minimum Gasteiger partial charge on any atom is -0.463 e. The van der Waals surface area contributed by atoms with Crippen LogP contribution in [-0.2, 0) is 10.2 Å². The maximum Gasteiger partial charge on any atom is 0.434 e. The number of benzene rings is 1. The van der Waals surface area contributed by atoms with Gasteiger partial charge in [0.1, 0.15) is 4.83 Å². The second-order valence-corrected chi connectivity index (χ2v) is 17.0. The largest absolute Gasteiger partial charge is 0.463 e. The number of aromatic amines is 1. The Kier molecular flexibility index (Phi) is 9.50. The molecule has 10 heteroatoms. The fourth-order valence-corrected chi connectivity index (χ4v) is 10.2. The van der Waals surface area contributed by atoms with Crippen molar-refractivity contribution in [3.8, 4) is 11.3 Å². The van der Waals surface area contributed by atoms with Crippen molar-refractivity contribution < 1.29 is 14.7 Å². The number of pyridine rings is 1. The number of hydrogen-bond donors (Lipinski definition) is 2. The third kappa shape index (κ3) is 6.67. The van der Waals surface area contributed by atoms with Crippen molar-refractivity contribution >= 4 is 39.5 Å². The van der Waals surface area contributed by atoms with Crippen LogP contribution in [0.4, 0.5) is 4.79 Å². The van der Waals surface area contributed by atoms with Gasteiger partial charge in [0.25, 0.3) is 0 Å². The lowest BCUT2D eigenvalue weighted by Crippen LogP contribution is -2.48. The first-order chi connectivity index (χ1) is 24.3. The predicted octanol–water partition coefficient (Wildman–Crippen LogP) is 8.68. The van der Waals surface area contributed by atoms with Crippen LogP contribution in [0.2, 0.25) is 0 Å². The molecule has 0 spiro atoms. The Bertz CT molecular complexity index is 1920. The summed E-state index contributed by atoms with van der Waals surface area (Å²) in [5, 5.41) is 11.2. The molecule has 2 atom stereocenters. The molecule has 7 rings (SSSR count). The van der Waals surface area contributed by atoms with Crippen LogP contribution >= 0.6 is 11.3 Å². The Labute approximate surface area is 305 Å². The molecule has 3 aromatic heterocycles. The maximum absolute atomic E-state index is 14.2. The van der Waals surface area contributed by atoms with E-state index in [2.05, 4.69) is 115 Å². The summed E-state index contributed by atoms with van der Waals surface area (Å²) in [6.07, 6.45) is 7.88. The molecular weight excluding hydrogens is 657 g/mol. The lowest BCUT2D eigenvalue weighted by atomic mass is 9.88. The van der Waals surface area contributed by atoms with Gasteiger partial charge < -0.3 is 24.8 Å². The van der Waals surface area contributed by atoms with Crippen molar-refractivity contribution in [1.29, 1.82) is 0 Å². The van der Waals surface area contributed by atoms with Gasteiger partial charge in [0.05, 0.1) is 11.1 Å². The van der Waals surface area contributed by atoms with E-state index in [1.165, 1.54) is 22.3 Å². The fraction of sp³-hybridized carbons (Fsp3) is 0.512. The second-order valence-electron chi connectivity index (χ2n) is 16.0. The Morgan fingerprint density at radius 3 is 2.27 bits per heavy atom. The highest BCUT2D eigenvalue weighted by atomic mass is 32.1. The van der Waals surface area contributed by atoms with Crippen LogP contribution in [0, 0.1) is 13.8 Å². The fourth-order valence-electron chi connectivity index (χ4n) is 9.00. The molecule has 270 valence electrons. The minimum atomic E-state index is -1.18. The van der Waals surface area contributed by atoms with Gasteiger partial charge in [-0.25, -0.2) is 4.79 Å². The van der Waals surface area contributed by atoms with Gasteiger partial charge in [-0.2, -0.15) is 0 Å². The smallest absolute Gasteiger partial charge is 0.434 e. The number of carbonyl (C=O) groups is 2. The maximum atomic E-state index is 14.2. The number of fused-ring (bicyclic) bond motifs is 3. The molecule has 3 aliphatic rings. The summed E-state index contributed by atoms with van der Waals surface area (Å²) in [6, 6.07) is 13.8. The molecule has 1 unspecified atom stereocenters. The van der Waals surface area contributed by atoms with E-state index >= 15 is 0 Å². The second kappa shape index (κ2) is 13.7. The highest BCUT2D eigenvalue weighted by Gasteiger charge is 2.47. The minimum absolute atomic E-state index is 0.00486. The number of likely N-dealkylation sites (tertiary alicyclic amines) is 1. The highest BCUT2D eigenvalue weighted by Crippen LogP contribution is 2.46. The number of carbonyl (C=O) groups excluding carboxylic acids is 1. The Balaban J connectivity index is 1.26. The van der Waals surface area contributed by atoms with Crippen LogP contribution in [0.3, 0.4) is 0 Å². The number of thiophene rings is 1. The zero-order valence-electron chi connectivity index (χ0n) is 31.1. The first-order valence-electron chi connectivity index (χ1n) is 18.6. The van der Waals surface area contributed by atoms with E-state index in [1.54, 1.807) is 11.3 Å². The zero-order chi connectivity index (χ0) is 36.2. The first-order valence-corrected chi connectivity index (χ1v) is 19.4. The number of aryl methyl sites for hydroxylation is 2. The highest BCUT2D eigenvalue weighted by molar-refractivity contribution is 7.19. The number of amides is 2. The quantitative estimate of drug-likeness (QED) is 0.140. The SMILES string of the molecule is Cc1cc(C)cc(-c2[nH]c3sc(C(C)(C)C(=O)N4C5CCC4CC5)cc3c2[C@@H](C)CN(C(=NC(=O)O)N2CCC(c3ccncc3)C2)C(C)C)c1. The van der Waals surface area contributed by atoms with Crippen LogP contribution in [-0.4, -0.2) is 85.5 Å². The van der Waals surface area contributed by atoms with E-state index in [0.29, 0.717) is 31.1 Å². The van der Waals surface area contributed by atoms with Crippen molar-refractivity contribution in [3.63, 3.8) is 0 Å². The van der Waals surface area contributed by atoms with Gasteiger partial charge >= 0.3 is 6.09 Å². The number of guanidine groups is 1. The van der Waals surface area contributed by atoms with E-state index in [1.807, 2.05) is 12.4 Å². The van der Waals surface area contributed by atoms with Crippen molar-refractivity contribution in [3.05, 3.63) is 75.9 Å². The molecule has 0 radical (unpaired) electrons. The van der Waals surface area contributed by atoms with Gasteiger partial charge in [0, 0.05) is 72.3 Å². The lowest BCUT2D eigenvalue weighted by molar-refractivity contribution is -0.137. The zero-order valence-corrected chi connectivity index (χ0v) is 31.9. The normalized spacial score (nSPS) is 21.3. The van der Waals surface area contributed by atoms with Crippen LogP contribution in [0.15, 0.2) is 53.8 Å². The molecule has 0 aliphatic carbocycles.